The molecule has 3 rings (SSSR count). The highest BCUT2D eigenvalue weighted by molar-refractivity contribution is 8.15. The molecule has 28 heavy (non-hydrogen) atoms. The Hall–Kier alpha value is -3.06. The molecule has 0 radical (unpaired) electrons. The number of rotatable bonds is 7. The minimum atomic E-state index is -0.594. The summed E-state index contributed by atoms with van der Waals surface area (Å²) in [7, 11) is 0. The summed E-state index contributed by atoms with van der Waals surface area (Å²) in [6.45, 7) is 3.95. The van der Waals surface area contributed by atoms with E-state index in [1.165, 1.54) is 40.9 Å². The first-order chi connectivity index (χ1) is 13.6. The van der Waals surface area contributed by atoms with Gasteiger partial charge in [0, 0.05) is 18.5 Å². The van der Waals surface area contributed by atoms with Crippen molar-refractivity contribution >= 4 is 34.8 Å². The Bertz CT molecular complexity index is 926. The monoisotopic (exact) mass is 395 g/mol. The number of amidine groups is 1. The number of carbonyl (C=O) groups is 2. The lowest BCUT2D eigenvalue weighted by atomic mass is 10.1. The molecule has 1 aliphatic heterocycles. The van der Waals surface area contributed by atoms with E-state index in [-0.39, 0.29) is 24.7 Å². The van der Waals surface area contributed by atoms with E-state index >= 15 is 0 Å². The third-order valence-corrected chi connectivity index (χ3v) is 5.18. The topological polar surface area (TPSA) is 62.1 Å². The SMILES string of the molecule is C=CCN1C(=O)C(CC(=O)c2ccc(F)cc2)SC1=NN=Cc1ccccc1. The normalized spacial score (nSPS) is 18.2. The smallest absolute Gasteiger partial charge is 0.242 e. The van der Waals surface area contributed by atoms with Crippen molar-refractivity contribution in [2.45, 2.75) is 11.7 Å². The maximum atomic E-state index is 13.0. The summed E-state index contributed by atoms with van der Waals surface area (Å²) < 4.78 is 13.0. The number of hydrogen-bond acceptors (Lipinski definition) is 5. The second-order valence-corrected chi connectivity index (χ2v) is 7.19. The highest BCUT2D eigenvalue weighted by Crippen LogP contribution is 2.30. The minimum Gasteiger partial charge on any atom is -0.294 e. The summed E-state index contributed by atoms with van der Waals surface area (Å²) in [6, 6.07) is 14.8. The van der Waals surface area contributed by atoms with Crippen LogP contribution >= 0.6 is 11.8 Å². The molecule has 1 amide bonds. The number of carbonyl (C=O) groups excluding carboxylic acids is 2. The van der Waals surface area contributed by atoms with E-state index < -0.39 is 11.1 Å². The zero-order valence-corrected chi connectivity index (χ0v) is 15.8. The second kappa shape index (κ2) is 9.23. The zero-order chi connectivity index (χ0) is 19.9. The van der Waals surface area contributed by atoms with Crippen molar-refractivity contribution in [1.82, 2.24) is 4.90 Å². The first kappa shape index (κ1) is 19.7. The van der Waals surface area contributed by atoms with Crippen LogP contribution in [0.3, 0.4) is 0 Å². The predicted octanol–water partition coefficient (Wildman–Crippen LogP) is 3.92. The molecule has 0 aromatic heterocycles. The van der Waals surface area contributed by atoms with Crippen molar-refractivity contribution in [3.8, 4) is 0 Å². The van der Waals surface area contributed by atoms with Crippen molar-refractivity contribution < 1.29 is 14.0 Å². The molecule has 2 aromatic carbocycles. The number of thioether (sulfide) groups is 1. The van der Waals surface area contributed by atoms with Gasteiger partial charge in [-0.25, -0.2) is 4.39 Å². The molecule has 0 N–H and O–H groups in total. The number of ketones is 1. The second-order valence-electron chi connectivity index (χ2n) is 6.02. The summed E-state index contributed by atoms with van der Waals surface area (Å²) in [4.78, 5) is 26.6. The lowest BCUT2D eigenvalue weighted by Gasteiger charge is -2.12. The van der Waals surface area contributed by atoms with Crippen molar-refractivity contribution in [3.63, 3.8) is 0 Å². The number of benzene rings is 2. The van der Waals surface area contributed by atoms with Gasteiger partial charge in [0.1, 0.15) is 5.82 Å². The Balaban J connectivity index is 1.73. The largest absolute Gasteiger partial charge is 0.294 e. The summed E-state index contributed by atoms with van der Waals surface area (Å²) in [5.41, 5.74) is 1.26. The highest BCUT2D eigenvalue weighted by Gasteiger charge is 2.38. The van der Waals surface area contributed by atoms with Crippen molar-refractivity contribution in [1.29, 1.82) is 0 Å². The van der Waals surface area contributed by atoms with Gasteiger partial charge in [-0.15, -0.1) is 11.7 Å². The fourth-order valence-corrected chi connectivity index (χ4v) is 3.72. The molecule has 1 saturated heterocycles. The molecule has 5 nitrogen and oxygen atoms in total. The van der Waals surface area contributed by atoms with Gasteiger partial charge in [0.15, 0.2) is 11.0 Å². The Labute approximate surface area is 166 Å². The van der Waals surface area contributed by atoms with Gasteiger partial charge in [0.2, 0.25) is 5.91 Å². The fraction of sp³-hybridized carbons (Fsp3) is 0.143. The van der Waals surface area contributed by atoms with Gasteiger partial charge < -0.3 is 0 Å². The van der Waals surface area contributed by atoms with E-state index in [0.717, 1.165) is 5.56 Å². The number of amides is 1. The van der Waals surface area contributed by atoms with Crippen LogP contribution in [0.5, 0.6) is 0 Å². The molecule has 1 heterocycles. The van der Waals surface area contributed by atoms with Gasteiger partial charge in [0.25, 0.3) is 0 Å². The van der Waals surface area contributed by atoms with Gasteiger partial charge in [-0.2, -0.15) is 5.10 Å². The Morgan fingerprint density at radius 2 is 1.89 bits per heavy atom. The first-order valence-electron chi connectivity index (χ1n) is 8.62. The molecule has 0 aliphatic carbocycles. The van der Waals surface area contributed by atoms with Crippen LogP contribution in [0.25, 0.3) is 0 Å². The van der Waals surface area contributed by atoms with Crippen LogP contribution in [0, 0.1) is 5.82 Å². The molecule has 1 atom stereocenters. The lowest BCUT2D eigenvalue weighted by molar-refractivity contribution is -0.125. The van der Waals surface area contributed by atoms with Crippen LogP contribution in [-0.2, 0) is 4.79 Å². The maximum Gasteiger partial charge on any atom is 0.242 e. The average Bonchev–Trinajstić information content (AvgIpc) is 2.99. The van der Waals surface area contributed by atoms with Crippen molar-refractivity contribution in [3.05, 3.63) is 84.2 Å². The van der Waals surface area contributed by atoms with E-state index in [0.29, 0.717) is 10.7 Å². The fourth-order valence-electron chi connectivity index (χ4n) is 2.62. The van der Waals surface area contributed by atoms with Crippen LogP contribution in [0.2, 0.25) is 0 Å². The van der Waals surface area contributed by atoms with Crippen LogP contribution in [-0.4, -0.2) is 39.8 Å². The van der Waals surface area contributed by atoms with Crippen molar-refractivity contribution in [2.75, 3.05) is 6.54 Å². The average molecular weight is 395 g/mol. The van der Waals surface area contributed by atoms with Crippen LogP contribution < -0.4 is 0 Å². The molecular formula is C21H18FN3O2S. The van der Waals surface area contributed by atoms with Crippen LogP contribution in [0.4, 0.5) is 4.39 Å². The summed E-state index contributed by atoms with van der Waals surface area (Å²) in [5.74, 6) is -0.849. The van der Waals surface area contributed by atoms with Crippen LogP contribution in [0.1, 0.15) is 22.3 Å². The Morgan fingerprint density at radius 3 is 2.57 bits per heavy atom. The van der Waals surface area contributed by atoms with Gasteiger partial charge in [0.05, 0.1) is 11.5 Å². The molecule has 0 spiro atoms. The van der Waals surface area contributed by atoms with E-state index in [1.54, 1.807) is 12.3 Å². The standard InChI is InChI=1S/C21H18FN3O2S/c1-2-12-25-20(27)19(13-18(26)16-8-10-17(22)11-9-16)28-21(25)24-23-14-15-6-4-3-5-7-15/h2-11,14,19H,1,12-13H2. The Kier molecular flexibility index (Phi) is 6.49. The minimum absolute atomic E-state index is 0.00416. The van der Waals surface area contributed by atoms with Gasteiger partial charge >= 0.3 is 0 Å². The van der Waals surface area contributed by atoms with Gasteiger partial charge in [-0.05, 0) is 29.8 Å². The molecule has 7 heteroatoms. The zero-order valence-electron chi connectivity index (χ0n) is 15.0. The van der Waals surface area contributed by atoms with E-state index in [1.807, 2.05) is 30.3 Å². The van der Waals surface area contributed by atoms with E-state index in [9.17, 15) is 14.0 Å². The molecular weight excluding hydrogens is 377 g/mol. The summed E-state index contributed by atoms with van der Waals surface area (Å²) in [6.07, 6.45) is 3.20. The first-order valence-corrected chi connectivity index (χ1v) is 9.50. The third-order valence-electron chi connectivity index (χ3n) is 4.02. The third kappa shape index (κ3) is 4.80. The van der Waals surface area contributed by atoms with E-state index in [4.69, 9.17) is 0 Å². The molecule has 0 bridgehead atoms. The highest BCUT2D eigenvalue weighted by atomic mass is 32.2. The van der Waals surface area contributed by atoms with E-state index in [2.05, 4.69) is 16.8 Å². The number of nitrogens with zero attached hydrogens (tertiary/aromatic N) is 3. The Morgan fingerprint density at radius 1 is 1.18 bits per heavy atom. The number of Topliss-reactive ketones (excluding diaryl/α,β-unsaturated/α-hetero) is 1. The number of halogens is 1. The van der Waals surface area contributed by atoms with Gasteiger partial charge in [-0.3, -0.25) is 14.5 Å². The van der Waals surface area contributed by atoms with Crippen molar-refractivity contribution in [2.24, 2.45) is 10.2 Å². The molecule has 142 valence electrons. The van der Waals surface area contributed by atoms with Gasteiger partial charge in [-0.1, -0.05) is 48.2 Å². The molecule has 1 aliphatic rings. The molecule has 0 saturated carbocycles. The predicted molar refractivity (Wildman–Crippen MR) is 110 cm³/mol. The molecule has 1 unspecified atom stereocenters. The number of hydrogen-bond donors (Lipinski definition) is 0. The van der Waals surface area contributed by atoms with Crippen LogP contribution in [0.15, 0.2) is 77.5 Å². The quantitative estimate of drug-likeness (QED) is 0.309. The summed E-state index contributed by atoms with van der Waals surface area (Å²) in [5, 5.41) is 8.05. The summed E-state index contributed by atoms with van der Waals surface area (Å²) >= 11 is 1.20. The molecule has 2 aromatic rings. The lowest BCUT2D eigenvalue weighted by Crippen LogP contribution is -2.32. The maximum absolute atomic E-state index is 13.0. The molecule has 1 fully saturated rings.